The van der Waals surface area contributed by atoms with Crippen LogP contribution in [0.2, 0.25) is 0 Å². The maximum Gasteiger partial charge on any atom is 0.187 e. The normalized spacial score (nSPS) is 10.5. The highest BCUT2D eigenvalue weighted by Gasteiger charge is 2.10. The maximum atomic E-state index is 5.54. The van der Waals surface area contributed by atoms with E-state index < -0.39 is 0 Å². The van der Waals surface area contributed by atoms with E-state index in [0.29, 0.717) is 0 Å². The predicted molar refractivity (Wildman–Crippen MR) is 117 cm³/mol. The number of methoxy groups -OCH3 is 1. The fourth-order valence-electron chi connectivity index (χ4n) is 3.05. The lowest BCUT2D eigenvalue weighted by atomic mass is 10.0. The second-order valence-electron chi connectivity index (χ2n) is 6.19. The predicted octanol–water partition coefficient (Wildman–Crippen LogP) is 5.72. The molecular formula is C22H20ClN3OS. The van der Waals surface area contributed by atoms with Crippen molar-refractivity contribution >= 4 is 35.1 Å². The van der Waals surface area contributed by atoms with Gasteiger partial charge in [-0.05, 0) is 48.9 Å². The van der Waals surface area contributed by atoms with Gasteiger partial charge in [0.05, 0.1) is 18.3 Å². The molecule has 0 N–H and O–H groups in total. The topological polar surface area (TPSA) is 47.9 Å². The summed E-state index contributed by atoms with van der Waals surface area (Å²) in [4.78, 5) is 13.4. The lowest BCUT2D eigenvalue weighted by molar-refractivity contribution is 0.411. The van der Waals surface area contributed by atoms with Gasteiger partial charge in [0.1, 0.15) is 5.75 Å². The summed E-state index contributed by atoms with van der Waals surface area (Å²) in [5.74, 6) is 1.59. The Kier molecular flexibility index (Phi) is 6.49. The maximum absolute atomic E-state index is 5.54. The zero-order chi connectivity index (χ0) is 18.6. The molecule has 0 amide bonds. The molecule has 0 aliphatic heterocycles. The van der Waals surface area contributed by atoms with Crippen LogP contribution in [-0.2, 0) is 5.75 Å². The third kappa shape index (κ3) is 4.26. The number of para-hydroxylation sites is 1. The summed E-state index contributed by atoms with van der Waals surface area (Å²) >= 11 is 1.59. The fraction of sp³-hybridized carbons (Fsp3) is 0.136. The third-order valence-electron chi connectivity index (χ3n) is 4.40. The van der Waals surface area contributed by atoms with Gasteiger partial charge in [-0.25, -0.2) is 15.0 Å². The van der Waals surface area contributed by atoms with Crippen LogP contribution in [0, 0.1) is 6.92 Å². The first-order chi connectivity index (χ1) is 13.2. The average molecular weight is 410 g/mol. The Balaban J connectivity index is 0.00000225. The fourth-order valence-corrected chi connectivity index (χ4v) is 3.83. The Morgan fingerprint density at radius 1 is 0.964 bits per heavy atom. The number of aryl methyl sites for hydroxylation is 1. The minimum atomic E-state index is 0. The molecule has 4 rings (SSSR count). The van der Waals surface area contributed by atoms with Crippen molar-refractivity contribution in [3.05, 3.63) is 78.1 Å². The summed E-state index contributed by atoms with van der Waals surface area (Å²) in [5, 5.41) is 1.94. The number of halogens is 1. The quantitative estimate of drug-likeness (QED) is 0.311. The largest absolute Gasteiger partial charge is 0.496 e. The van der Waals surface area contributed by atoms with Gasteiger partial charge in [-0.15, -0.1) is 12.4 Å². The van der Waals surface area contributed by atoms with E-state index in [0.717, 1.165) is 39.0 Å². The number of aromatic nitrogens is 3. The summed E-state index contributed by atoms with van der Waals surface area (Å²) in [7, 11) is 1.70. The lowest BCUT2D eigenvalue weighted by Gasteiger charge is -2.11. The third-order valence-corrected chi connectivity index (χ3v) is 5.32. The monoisotopic (exact) mass is 409 g/mol. The average Bonchev–Trinajstić information content (AvgIpc) is 2.73. The molecule has 0 fully saturated rings. The van der Waals surface area contributed by atoms with Crippen molar-refractivity contribution in [3.63, 3.8) is 0 Å². The summed E-state index contributed by atoms with van der Waals surface area (Å²) in [6.45, 7) is 2.13. The van der Waals surface area contributed by atoms with Crippen LogP contribution in [-0.4, -0.2) is 22.1 Å². The number of hydrogen-bond acceptors (Lipinski definition) is 5. The molecule has 0 atom stereocenters. The molecule has 0 spiro atoms. The van der Waals surface area contributed by atoms with Gasteiger partial charge in [0.15, 0.2) is 5.16 Å². The first kappa shape index (κ1) is 20.1. The van der Waals surface area contributed by atoms with Crippen molar-refractivity contribution in [3.8, 4) is 17.0 Å². The first-order valence-electron chi connectivity index (χ1n) is 8.68. The second-order valence-corrected chi connectivity index (χ2v) is 7.13. The summed E-state index contributed by atoms with van der Waals surface area (Å²) < 4.78 is 5.54. The number of rotatable bonds is 5. The van der Waals surface area contributed by atoms with Gasteiger partial charge in [-0.3, -0.25) is 0 Å². The number of thioether (sulfide) groups is 1. The molecule has 2 heterocycles. The molecule has 0 saturated heterocycles. The standard InChI is InChI=1S/C22H19N3OS.ClH/c1-15-12-20(25-19-7-4-3-6-18(15)19)16-8-9-21(26-2)17(13-16)14-27-22-23-10-5-11-24-22;/h3-13H,14H2,1-2H3;1H. The van der Waals surface area contributed by atoms with Crippen LogP contribution >= 0.6 is 24.2 Å². The van der Waals surface area contributed by atoms with Crippen molar-refractivity contribution in [2.75, 3.05) is 7.11 Å². The number of ether oxygens (including phenoxy) is 1. The van der Waals surface area contributed by atoms with Gasteiger partial charge < -0.3 is 4.74 Å². The minimum absolute atomic E-state index is 0. The molecule has 28 heavy (non-hydrogen) atoms. The highest BCUT2D eigenvalue weighted by molar-refractivity contribution is 7.98. The number of fused-ring (bicyclic) bond motifs is 1. The van der Waals surface area contributed by atoms with Gasteiger partial charge in [0, 0.05) is 34.7 Å². The molecule has 0 saturated carbocycles. The zero-order valence-corrected chi connectivity index (χ0v) is 17.3. The number of pyridine rings is 1. The van der Waals surface area contributed by atoms with Gasteiger partial charge in [0.2, 0.25) is 0 Å². The molecule has 0 bridgehead atoms. The first-order valence-corrected chi connectivity index (χ1v) is 9.66. The molecule has 2 aromatic carbocycles. The van der Waals surface area contributed by atoms with Crippen molar-refractivity contribution in [1.82, 2.24) is 15.0 Å². The Morgan fingerprint density at radius 2 is 1.75 bits per heavy atom. The Labute approximate surface area is 174 Å². The Hall–Kier alpha value is -2.63. The van der Waals surface area contributed by atoms with Crippen molar-refractivity contribution in [2.24, 2.45) is 0 Å². The van der Waals surface area contributed by atoms with Crippen LogP contribution in [0.25, 0.3) is 22.2 Å². The second kappa shape index (κ2) is 9.04. The van der Waals surface area contributed by atoms with E-state index in [1.165, 1.54) is 10.9 Å². The molecule has 4 aromatic rings. The van der Waals surface area contributed by atoms with Crippen LogP contribution in [0.4, 0.5) is 0 Å². The highest BCUT2D eigenvalue weighted by Crippen LogP contribution is 2.31. The number of benzene rings is 2. The molecule has 6 heteroatoms. The number of hydrogen-bond donors (Lipinski definition) is 0. The van der Waals surface area contributed by atoms with Gasteiger partial charge in [-0.2, -0.15) is 0 Å². The van der Waals surface area contributed by atoms with Crippen LogP contribution in [0.1, 0.15) is 11.1 Å². The molecule has 2 aromatic heterocycles. The Morgan fingerprint density at radius 3 is 2.54 bits per heavy atom. The van der Waals surface area contributed by atoms with Crippen LogP contribution in [0.15, 0.2) is 72.1 Å². The summed E-state index contributed by atoms with van der Waals surface area (Å²) in [6.07, 6.45) is 3.51. The van der Waals surface area contributed by atoms with Crippen molar-refractivity contribution < 1.29 is 4.74 Å². The molecule has 0 aliphatic rings. The lowest BCUT2D eigenvalue weighted by Crippen LogP contribution is -1.94. The molecule has 0 unspecified atom stereocenters. The molecule has 0 radical (unpaired) electrons. The Bertz CT molecular complexity index is 1090. The van der Waals surface area contributed by atoms with E-state index in [4.69, 9.17) is 9.72 Å². The van der Waals surface area contributed by atoms with Crippen molar-refractivity contribution in [2.45, 2.75) is 17.8 Å². The van der Waals surface area contributed by atoms with Gasteiger partial charge in [-0.1, -0.05) is 30.0 Å². The molecular weight excluding hydrogens is 390 g/mol. The summed E-state index contributed by atoms with van der Waals surface area (Å²) in [6, 6.07) is 18.4. The van der Waals surface area contributed by atoms with Crippen LogP contribution in [0.5, 0.6) is 5.75 Å². The van der Waals surface area contributed by atoms with E-state index in [2.05, 4.69) is 47.2 Å². The van der Waals surface area contributed by atoms with Crippen LogP contribution < -0.4 is 4.74 Å². The molecule has 0 aliphatic carbocycles. The van der Waals surface area contributed by atoms with Gasteiger partial charge >= 0.3 is 0 Å². The van der Waals surface area contributed by atoms with E-state index in [-0.39, 0.29) is 12.4 Å². The molecule has 4 nitrogen and oxygen atoms in total. The minimum Gasteiger partial charge on any atom is -0.496 e. The zero-order valence-electron chi connectivity index (χ0n) is 15.6. The van der Waals surface area contributed by atoms with Crippen LogP contribution in [0.3, 0.4) is 0 Å². The number of nitrogens with zero attached hydrogens (tertiary/aromatic N) is 3. The van der Waals surface area contributed by atoms with Crippen molar-refractivity contribution in [1.29, 1.82) is 0 Å². The highest BCUT2D eigenvalue weighted by atomic mass is 35.5. The van der Waals surface area contributed by atoms with E-state index in [9.17, 15) is 0 Å². The molecule has 142 valence electrons. The van der Waals surface area contributed by atoms with E-state index >= 15 is 0 Å². The van der Waals surface area contributed by atoms with E-state index in [1.54, 1.807) is 31.3 Å². The summed E-state index contributed by atoms with van der Waals surface area (Å²) in [5.41, 5.74) is 5.38. The van der Waals surface area contributed by atoms with E-state index in [1.807, 2.05) is 24.3 Å². The van der Waals surface area contributed by atoms with Gasteiger partial charge in [0.25, 0.3) is 0 Å². The SMILES string of the molecule is COc1ccc(-c2cc(C)c3ccccc3n2)cc1CSc1ncccn1.Cl. The smallest absolute Gasteiger partial charge is 0.187 e.